The molecule has 0 spiro atoms. The van der Waals surface area contributed by atoms with Gasteiger partial charge in [0.1, 0.15) is 0 Å². The van der Waals surface area contributed by atoms with Crippen molar-refractivity contribution in [2.45, 2.75) is 20.3 Å². The maximum absolute atomic E-state index is 9.79. The highest BCUT2D eigenvalue weighted by Crippen LogP contribution is 1.93. The molecule has 8 heavy (non-hydrogen) atoms. The summed E-state index contributed by atoms with van der Waals surface area (Å²) in [6.07, 6.45) is 0.524. The first kappa shape index (κ1) is 7.69. The molecule has 1 radical (unpaired) electrons. The molecule has 0 heterocycles. The predicted octanol–water partition coefficient (Wildman–Crippen LogP) is 0.591. The first-order valence-corrected chi connectivity index (χ1v) is 3.53. The average molecular weight is 133 g/mol. The maximum Gasteiger partial charge on any atom is 0.218 e. The molecular formula is C5H9O2S. The fraction of sp³-hybridized carbons (Fsp3) is 0.800. The van der Waals surface area contributed by atoms with Crippen molar-refractivity contribution in [2.75, 3.05) is 0 Å². The molecule has 0 amide bonds. The summed E-state index contributed by atoms with van der Waals surface area (Å²) in [4.78, 5) is 0. The lowest BCUT2D eigenvalue weighted by molar-refractivity contribution is 0.625. The van der Waals surface area contributed by atoms with Gasteiger partial charge in [-0.15, -0.1) is 0 Å². The Morgan fingerprint density at radius 2 is 2.00 bits per heavy atom. The van der Waals surface area contributed by atoms with Gasteiger partial charge >= 0.3 is 0 Å². The van der Waals surface area contributed by atoms with Gasteiger partial charge in [0.15, 0.2) is 0 Å². The molecule has 2 nitrogen and oxygen atoms in total. The smallest absolute Gasteiger partial charge is 0.184 e. The van der Waals surface area contributed by atoms with E-state index in [1.807, 2.05) is 13.8 Å². The van der Waals surface area contributed by atoms with Gasteiger partial charge in [-0.3, -0.25) is 0 Å². The largest absolute Gasteiger partial charge is 0.218 e. The second kappa shape index (κ2) is 3.66. The molecule has 0 aromatic heterocycles. The van der Waals surface area contributed by atoms with Crippen LogP contribution in [-0.2, 0) is 10.3 Å². The third-order valence-electron chi connectivity index (χ3n) is 0.609. The van der Waals surface area contributed by atoms with Crippen LogP contribution in [0, 0.1) is 5.92 Å². The standard InChI is InChI=1S/C5H9O2S/c1-5(2)3-4-8(6)7/h5H,3H2,1-2H3. The Kier molecular flexibility index (Phi) is 3.52. The van der Waals surface area contributed by atoms with Crippen molar-refractivity contribution in [1.82, 2.24) is 0 Å². The summed E-state index contributed by atoms with van der Waals surface area (Å²) in [5.74, 6) is 0.382. The molecule has 47 valence electrons. The van der Waals surface area contributed by atoms with E-state index in [0.29, 0.717) is 12.3 Å². The van der Waals surface area contributed by atoms with E-state index in [4.69, 9.17) is 0 Å². The summed E-state index contributed by atoms with van der Waals surface area (Å²) in [5, 5.41) is 2.26. The van der Waals surface area contributed by atoms with Gasteiger partial charge < -0.3 is 0 Å². The SMILES string of the molecule is CC(C)C[C]=S(=O)=O. The molecule has 0 aromatic rings. The van der Waals surface area contributed by atoms with Crippen LogP contribution in [0.25, 0.3) is 0 Å². The summed E-state index contributed by atoms with van der Waals surface area (Å²) < 4.78 is 19.6. The molecule has 0 fully saturated rings. The average Bonchev–Trinajstić information content (AvgIpc) is 1.61. The van der Waals surface area contributed by atoms with Crippen molar-refractivity contribution >= 4 is 15.7 Å². The molecule has 0 atom stereocenters. The third-order valence-corrected chi connectivity index (χ3v) is 1.01. The fourth-order valence-corrected chi connectivity index (χ4v) is 0.704. The van der Waals surface area contributed by atoms with Crippen molar-refractivity contribution in [2.24, 2.45) is 5.92 Å². The van der Waals surface area contributed by atoms with Crippen LogP contribution in [0.15, 0.2) is 0 Å². The fourth-order valence-electron chi connectivity index (χ4n) is 0.235. The maximum atomic E-state index is 9.79. The van der Waals surface area contributed by atoms with Crippen LogP contribution in [0.4, 0.5) is 0 Å². The molecule has 0 saturated carbocycles. The van der Waals surface area contributed by atoms with E-state index in [-0.39, 0.29) is 0 Å². The van der Waals surface area contributed by atoms with Crippen molar-refractivity contribution < 1.29 is 8.42 Å². The lowest BCUT2D eigenvalue weighted by Crippen LogP contribution is -1.86. The van der Waals surface area contributed by atoms with Crippen LogP contribution >= 0.6 is 0 Å². The molecule has 0 aromatic carbocycles. The van der Waals surface area contributed by atoms with E-state index in [0.717, 1.165) is 0 Å². The minimum absolute atomic E-state index is 0.382. The number of hydrogen-bond acceptors (Lipinski definition) is 2. The Labute approximate surface area is 51.1 Å². The molecule has 0 aliphatic rings. The minimum Gasteiger partial charge on any atom is -0.184 e. The quantitative estimate of drug-likeness (QED) is 0.517. The zero-order valence-corrected chi connectivity index (χ0v) is 5.83. The lowest BCUT2D eigenvalue weighted by Gasteiger charge is -1.90. The van der Waals surface area contributed by atoms with Crippen LogP contribution in [0.3, 0.4) is 0 Å². The second-order valence-corrected chi connectivity index (χ2v) is 2.74. The van der Waals surface area contributed by atoms with E-state index in [9.17, 15) is 8.42 Å². The van der Waals surface area contributed by atoms with Crippen LogP contribution in [0.5, 0.6) is 0 Å². The summed E-state index contributed by atoms with van der Waals surface area (Å²) in [5.41, 5.74) is 0. The number of hydrogen-bond donors (Lipinski definition) is 0. The van der Waals surface area contributed by atoms with Gasteiger partial charge in [0, 0.05) is 0 Å². The Bertz CT molecular complexity index is 157. The van der Waals surface area contributed by atoms with Crippen LogP contribution in [0.1, 0.15) is 20.3 Å². The lowest BCUT2D eigenvalue weighted by atomic mass is 10.2. The van der Waals surface area contributed by atoms with Crippen molar-refractivity contribution in [3.8, 4) is 0 Å². The Balaban J connectivity index is 3.62. The van der Waals surface area contributed by atoms with Gasteiger partial charge in [-0.1, -0.05) is 13.8 Å². The van der Waals surface area contributed by atoms with Gasteiger partial charge in [-0.05, 0) is 12.3 Å². The van der Waals surface area contributed by atoms with E-state index in [1.54, 1.807) is 0 Å². The number of rotatable bonds is 2. The molecule has 0 N–H and O–H groups in total. The molecule has 0 saturated heterocycles. The molecule has 0 aliphatic carbocycles. The predicted molar refractivity (Wildman–Crippen MR) is 33.4 cm³/mol. The topological polar surface area (TPSA) is 34.1 Å². The van der Waals surface area contributed by atoms with E-state index in [2.05, 4.69) is 5.37 Å². The molecule has 0 rings (SSSR count). The van der Waals surface area contributed by atoms with E-state index in [1.165, 1.54) is 0 Å². The molecular weight excluding hydrogens is 124 g/mol. The normalized spacial score (nSPS) is 9.38. The summed E-state index contributed by atoms with van der Waals surface area (Å²) in [6.45, 7) is 3.89. The summed E-state index contributed by atoms with van der Waals surface area (Å²) in [6, 6.07) is 0. The van der Waals surface area contributed by atoms with Crippen molar-refractivity contribution in [3.05, 3.63) is 0 Å². The first-order valence-electron chi connectivity index (χ1n) is 2.45. The molecule has 3 heteroatoms. The molecule has 0 unspecified atom stereocenters. The first-order chi connectivity index (χ1) is 3.63. The van der Waals surface area contributed by atoms with Crippen molar-refractivity contribution in [3.63, 3.8) is 0 Å². The van der Waals surface area contributed by atoms with E-state index < -0.39 is 10.3 Å². The highest BCUT2D eigenvalue weighted by atomic mass is 32.2. The van der Waals surface area contributed by atoms with Gasteiger partial charge in [0.25, 0.3) is 0 Å². The monoisotopic (exact) mass is 133 g/mol. The molecule has 0 aliphatic heterocycles. The highest BCUT2D eigenvalue weighted by molar-refractivity contribution is 7.71. The summed E-state index contributed by atoms with van der Waals surface area (Å²) in [7, 11) is -2.09. The Hall–Kier alpha value is -0.310. The van der Waals surface area contributed by atoms with Crippen LogP contribution in [-0.4, -0.2) is 13.8 Å². The molecule has 0 bridgehead atoms. The van der Waals surface area contributed by atoms with E-state index >= 15 is 0 Å². The summed E-state index contributed by atoms with van der Waals surface area (Å²) >= 11 is 0. The van der Waals surface area contributed by atoms with Crippen LogP contribution in [0.2, 0.25) is 0 Å². The zero-order valence-electron chi connectivity index (χ0n) is 5.01. The van der Waals surface area contributed by atoms with Crippen LogP contribution < -0.4 is 0 Å². The minimum atomic E-state index is -2.09. The van der Waals surface area contributed by atoms with Crippen molar-refractivity contribution in [1.29, 1.82) is 0 Å². The zero-order chi connectivity index (χ0) is 6.57. The van der Waals surface area contributed by atoms with Gasteiger partial charge in [-0.25, -0.2) is 0 Å². The van der Waals surface area contributed by atoms with Gasteiger partial charge in [0.05, 0.1) is 5.37 Å². The Morgan fingerprint density at radius 3 is 2.12 bits per heavy atom. The second-order valence-electron chi connectivity index (χ2n) is 1.98. The third kappa shape index (κ3) is 5.69. The van der Waals surface area contributed by atoms with Gasteiger partial charge in [0.2, 0.25) is 10.3 Å². The van der Waals surface area contributed by atoms with Gasteiger partial charge in [-0.2, -0.15) is 8.42 Å². The Morgan fingerprint density at radius 1 is 1.50 bits per heavy atom. The highest BCUT2D eigenvalue weighted by Gasteiger charge is 1.87.